The summed E-state index contributed by atoms with van der Waals surface area (Å²) < 4.78 is 27.4. The first kappa shape index (κ1) is 13.5. The van der Waals surface area contributed by atoms with Gasteiger partial charge in [0.1, 0.15) is 11.6 Å². The second-order valence-electron chi connectivity index (χ2n) is 3.67. The van der Waals surface area contributed by atoms with Crippen molar-refractivity contribution in [3.05, 3.63) is 0 Å². The van der Waals surface area contributed by atoms with Gasteiger partial charge in [-0.25, -0.2) is 4.72 Å². The highest BCUT2D eigenvalue weighted by Crippen LogP contribution is 2.08. The number of nitrogens with two attached hydrogens (primary N) is 1. The van der Waals surface area contributed by atoms with E-state index in [0.717, 1.165) is 0 Å². The van der Waals surface area contributed by atoms with Crippen molar-refractivity contribution < 1.29 is 18.3 Å². The van der Waals surface area contributed by atoms with Gasteiger partial charge in [-0.1, -0.05) is 0 Å². The number of carbonyl (C=O) groups is 1. The second kappa shape index (κ2) is 5.40. The molecular formula is C7H15N2O4S-. The Morgan fingerprint density at radius 1 is 1.64 bits per heavy atom. The molecule has 0 heterocycles. The zero-order valence-electron chi connectivity index (χ0n) is 8.40. The summed E-state index contributed by atoms with van der Waals surface area (Å²) in [6.07, 6.45) is 0. The van der Waals surface area contributed by atoms with Crippen LogP contribution in [0.15, 0.2) is 0 Å². The van der Waals surface area contributed by atoms with Gasteiger partial charge in [0.2, 0.25) is 0 Å². The second-order valence-corrected chi connectivity index (χ2v) is 4.38. The topological polar surface area (TPSA) is 104 Å². The average molecular weight is 223 g/mol. The molecule has 0 rings (SSSR count). The SMILES string of the molecule is CC(C)(C)OC(=O)[C@H](CN)NS(=O)[O-]. The molecule has 14 heavy (non-hydrogen) atoms. The summed E-state index contributed by atoms with van der Waals surface area (Å²) in [5.74, 6) is -0.677. The molecule has 6 nitrogen and oxygen atoms in total. The van der Waals surface area contributed by atoms with Gasteiger partial charge in [-0.2, -0.15) is 0 Å². The molecule has 0 spiro atoms. The van der Waals surface area contributed by atoms with Gasteiger partial charge in [0.05, 0.1) is 0 Å². The maximum Gasteiger partial charge on any atom is 0.325 e. The van der Waals surface area contributed by atoms with Gasteiger partial charge < -0.3 is 15.0 Å². The van der Waals surface area contributed by atoms with Crippen LogP contribution in [0.4, 0.5) is 0 Å². The van der Waals surface area contributed by atoms with Gasteiger partial charge in [-0.05, 0) is 20.8 Å². The lowest BCUT2D eigenvalue weighted by molar-refractivity contribution is -0.156. The van der Waals surface area contributed by atoms with Gasteiger partial charge in [0.25, 0.3) is 0 Å². The van der Waals surface area contributed by atoms with Crippen LogP contribution in [0.25, 0.3) is 0 Å². The van der Waals surface area contributed by atoms with Crippen molar-refractivity contribution in [3.8, 4) is 0 Å². The number of rotatable bonds is 4. The Morgan fingerprint density at radius 3 is 2.43 bits per heavy atom. The maximum atomic E-state index is 11.3. The van der Waals surface area contributed by atoms with Crippen LogP contribution in [0.2, 0.25) is 0 Å². The van der Waals surface area contributed by atoms with E-state index >= 15 is 0 Å². The summed E-state index contributed by atoms with van der Waals surface area (Å²) in [5, 5.41) is 0. The van der Waals surface area contributed by atoms with Crippen LogP contribution in [0, 0.1) is 0 Å². The Kier molecular flexibility index (Phi) is 5.21. The Hall–Kier alpha value is -0.500. The van der Waals surface area contributed by atoms with E-state index in [1.165, 1.54) is 0 Å². The Bertz CT molecular complexity index is 226. The predicted molar refractivity (Wildman–Crippen MR) is 50.7 cm³/mol. The van der Waals surface area contributed by atoms with Crippen LogP contribution in [-0.4, -0.2) is 32.9 Å². The van der Waals surface area contributed by atoms with Crippen molar-refractivity contribution >= 4 is 17.2 Å². The molecular weight excluding hydrogens is 208 g/mol. The van der Waals surface area contributed by atoms with Gasteiger partial charge in [-0.15, -0.1) is 0 Å². The lowest BCUT2D eigenvalue weighted by atomic mass is 10.2. The minimum Gasteiger partial charge on any atom is -0.760 e. The fraction of sp³-hybridized carbons (Fsp3) is 0.857. The molecule has 2 atom stereocenters. The van der Waals surface area contributed by atoms with E-state index in [1.807, 2.05) is 4.72 Å². The van der Waals surface area contributed by atoms with Crippen LogP contribution >= 0.6 is 0 Å². The smallest absolute Gasteiger partial charge is 0.325 e. The highest BCUT2D eigenvalue weighted by molar-refractivity contribution is 7.77. The summed E-state index contributed by atoms with van der Waals surface area (Å²) in [6, 6.07) is -1.02. The minimum atomic E-state index is -2.53. The lowest BCUT2D eigenvalue weighted by Gasteiger charge is -2.24. The Balaban J connectivity index is 4.25. The van der Waals surface area contributed by atoms with Crippen molar-refractivity contribution in [1.29, 1.82) is 0 Å². The third kappa shape index (κ3) is 6.03. The highest BCUT2D eigenvalue weighted by atomic mass is 32.2. The molecule has 0 aromatic carbocycles. The average Bonchev–Trinajstić information content (AvgIpc) is 1.96. The molecule has 0 radical (unpaired) electrons. The first-order chi connectivity index (χ1) is 6.26. The van der Waals surface area contributed by atoms with E-state index in [1.54, 1.807) is 20.8 Å². The van der Waals surface area contributed by atoms with Crippen LogP contribution in [0.3, 0.4) is 0 Å². The summed E-state index contributed by atoms with van der Waals surface area (Å²) in [6.45, 7) is 4.93. The van der Waals surface area contributed by atoms with Gasteiger partial charge >= 0.3 is 5.97 Å². The molecule has 0 saturated carbocycles. The number of nitrogens with one attached hydrogen (secondary N) is 1. The molecule has 0 aliphatic carbocycles. The van der Waals surface area contributed by atoms with Crippen LogP contribution in [0.1, 0.15) is 20.8 Å². The molecule has 0 aliphatic rings. The monoisotopic (exact) mass is 223 g/mol. The van der Waals surface area contributed by atoms with Crippen molar-refractivity contribution in [1.82, 2.24) is 4.72 Å². The van der Waals surface area contributed by atoms with E-state index in [2.05, 4.69) is 0 Å². The maximum absolute atomic E-state index is 11.3. The minimum absolute atomic E-state index is 0.136. The zero-order chi connectivity index (χ0) is 11.4. The highest BCUT2D eigenvalue weighted by Gasteiger charge is 2.23. The number of carbonyl (C=O) groups excluding carboxylic acids is 1. The standard InChI is InChI=1S/C7H16N2O4S/c1-7(2,3)13-6(10)5(4-8)9-14(11)12/h5,9H,4,8H2,1-3H3,(H,11,12)/p-1/t5-/m0/s1. The third-order valence-corrected chi connectivity index (χ3v) is 1.64. The molecule has 0 bridgehead atoms. The molecule has 0 saturated heterocycles. The van der Waals surface area contributed by atoms with Crippen molar-refractivity contribution in [2.24, 2.45) is 5.73 Å². The number of esters is 1. The summed E-state index contributed by atoms with van der Waals surface area (Å²) in [7, 11) is 0. The van der Waals surface area contributed by atoms with Crippen LogP contribution < -0.4 is 10.5 Å². The number of ether oxygens (including phenoxy) is 1. The fourth-order valence-electron chi connectivity index (χ4n) is 0.682. The molecule has 84 valence electrons. The molecule has 0 aromatic heterocycles. The first-order valence-corrected chi connectivity index (χ1v) is 5.12. The molecule has 0 fully saturated rings. The quantitative estimate of drug-likeness (QED) is 0.472. The molecule has 3 N–H and O–H groups in total. The largest absolute Gasteiger partial charge is 0.760 e. The summed E-state index contributed by atoms with van der Waals surface area (Å²) >= 11 is -2.53. The Labute approximate surface area is 85.6 Å². The molecule has 0 aromatic rings. The fourth-order valence-corrected chi connectivity index (χ4v) is 1.11. The zero-order valence-corrected chi connectivity index (χ0v) is 9.22. The normalized spacial score (nSPS) is 16.1. The van der Waals surface area contributed by atoms with E-state index in [4.69, 9.17) is 10.5 Å². The number of hydrogen-bond acceptors (Lipinski definition) is 5. The van der Waals surface area contributed by atoms with E-state index in [-0.39, 0.29) is 6.54 Å². The lowest BCUT2D eigenvalue weighted by Crippen LogP contribution is -2.46. The Morgan fingerprint density at radius 2 is 2.14 bits per heavy atom. The summed E-state index contributed by atoms with van der Waals surface area (Å²) in [4.78, 5) is 11.3. The van der Waals surface area contributed by atoms with Crippen molar-refractivity contribution in [3.63, 3.8) is 0 Å². The van der Waals surface area contributed by atoms with Crippen molar-refractivity contribution in [2.45, 2.75) is 32.4 Å². The molecule has 1 unspecified atom stereocenters. The molecule has 0 aliphatic heterocycles. The van der Waals surface area contributed by atoms with Gasteiger partial charge in [-0.3, -0.25) is 9.00 Å². The van der Waals surface area contributed by atoms with Crippen LogP contribution in [0.5, 0.6) is 0 Å². The predicted octanol–water partition coefficient (Wildman–Crippen LogP) is -0.961. The molecule has 0 amide bonds. The van der Waals surface area contributed by atoms with Gasteiger partial charge in [0.15, 0.2) is 0 Å². The van der Waals surface area contributed by atoms with E-state index in [0.29, 0.717) is 0 Å². The third-order valence-electron chi connectivity index (χ3n) is 1.17. The van der Waals surface area contributed by atoms with Crippen LogP contribution in [-0.2, 0) is 20.8 Å². The van der Waals surface area contributed by atoms with E-state index < -0.39 is 28.9 Å². The molecule has 7 heteroatoms. The first-order valence-electron chi connectivity index (χ1n) is 4.04. The van der Waals surface area contributed by atoms with Gasteiger partial charge in [0, 0.05) is 17.8 Å². The van der Waals surface area contributed by atoms with Crippen molar-refractivity contribution in [2.75, 3.05) is 6.54 Å². The number of hydrogen-bond donors (Lipinski definition) is 2. The summed E-state index contributed by atoms with van der Waals surface area (Å²) in [5.41, 5.74) is 4.55. The van der Waals surface area contributed by atoms with E-state index in [9.17, 15) is 13.6 Å².